The van der Waals surface area contributed by atoms with E-state index in [0.717, 1.165) is 50.0 Å². The van der Waals surface area contributed by atoms with Gasteiger partial charge in [-0.2, -0.15) is 5.10 Å². The molecule has 8 heteroatoms. The van der Waals surface area contributed by atoms with Crippen molar-refractivity contribution in [2.75, 3.05) is 32.7 Å². The lowest BCUT2D eigenvalue weighted by atomic mass is 10.1. The Bertz CT molecular complexity index is 1040. The molecule has 0 aliphatic carbocycles. The highest BCUT2D eigenvalue weighted by Gasteiger charge is 2.23. The Labute approximate surface area is 175 Å². The van der Waals surface area contributed by atoms with Crippen LogP contribution in [0.1, 0.15) is 29.4 Å². The second-order valence-electron chi connectivity index (χ2n) is 7.37. The molecule has 1 aliphatic heterocycles. The van der Waals surface area contributed by atoms with Crippen molar-refractivity contribution >= 4 is 28.3 Å². The maximum atomic E-state index is 13.1. The zero-order valence-corrected chi connectivity index (χ0v) is 17.0. The number of aromatic amines is 1. The SMILES string of the molecule is CCCN1CCN(C(=O)c2ccc3[nH]nc(C(=Nc4ccccc4)NO)c3c2)CC1. The number of amides is 1. The molecule has 0 unspecified atom stereocenters. The number of fused-ring (bicyclic) bond motifs is 1. The van der Waals surface area contributed by atoms with Gasteiger partial charge in [0, 0.05) is 37.1 Å². The van der Waals surface area contributed by atoms with Crippen LogP contribution in [0.5, 0.6) is 0 Å². The Balaban J connectivity index is 1.60. The summed E-state index contributed by atoms with van der Waals surface area (Å²) in [6.07, 6.45) is 1.12. The number of amidine groups is 1. The summed E-state index contributed by atoms with van der Waals surface area (Å²) < 4.78 is 0. The summed E-state index contributed by atoms with van der Waals surface area (Å²) in [5.74, 6) is 0.226. The zero-order chi connectivity index (χ0) is 20.9. The number of nitrogens with one attached hydrogen (secondary N) is 2. The number of aromatic nitrogens is 2. The maximum Gasteiger partial charge on any atom is 0.253 e. The van der Waals surface area contributed by atoms with Crippen LogP contribution in [0, 0.1) is 0 Å². The third-order valence-corrected chi connectivity index (χ3v) is 5.34. The molecule has 2 heterocycles. The number of nitrogens with zero attached hydrogens (tertiary/aromatic N) is 4. The van der Waals surface area contributed by atoms with Gasteiger partial charge in [-0.3, -0.25) is 25.5 Å². The van der Waals surface area contributed by atoms with Crippen LogP contribution < -0.4 is 5.48 Å². The first kappa shape index (κ1) is 20.1. The fraction of sp³-hybridized carbons (Fsp3) is 0.318. The van der Waals surface area contributed by atoms with Gasteiger partial charge < -0.3 is 4.90 Å². The summed E-state index contributed by atoms with van der Waals surface area (Å²) in [5.41, 5.74) is 4.65. The topological polar surface area (TPSA) is 96.9 Å². The van der Waals surface area contributed by atoms with Crippen molar-refractivity contribution in [1.82, 2.24) is 25.5 Å². The van der Waals surface area contributed by atoms with E-state index in [2.05, 4.69) is 32.5 Å². The number of hydroxylamine groups is 1. The van der Waals surface area contributed by atoms with Crippen LogP contribution in [-0.2, 0) is 0 Å². The number of carbonyl (C=O) groups is 1. The molecular weight excluding hydrogens is 380 g/mol. The standard InChI is InChI=1S/C22H26N6O2/c1-2-10-27-11-13-28(14-12-27)22(29)16-8-9-19-18(15-16)20(25-24-19)21(26-30)23-17-6-4-3-5-7-17/h3-9,15,30H,2,10-14H2,1H3,(H,23,26)(H,24,25). The summed E-state index contributed by atoms with van der Waals surface area (Å²) in [6, 6.07) is 14.8. The third kappa shape index (κ3) is 4.19. The van der Waals surface area contributed by atoms with Crippen molar-refractivity contribution < 1.29 is 10.0 Å². The van der Waals surface area contributed by atoms with Crippen LogP contribution in [0.4, 0.5) is 5.69 Å². The molecule has 0 bridgehead atoms. The summed E-state index contributed by atoms with van der Waals surface area (Å²) in [4.78, 5) is 21.8. The molecular formula is C22H26N6O2. The van der Waals surface area contributed by atoms with E-state index < -0.39 is 0 Å². The monoisotopic (exact) mass is 406 g/mol. The predicted octanol–water partition coefficient (Wildman–Crippen LogP) is 2.79. The lowest BCUT2D eigenvalue weighted by Crippen LogP contribution is -2.48. The Morgan fingerprint density at radius 3 is 2.63 bits per heavy atom. The molecule has 1 amide bonds. The molecule has 30 heavy (non-hydrogen) atoms. The molecule has 2 aromatic carbocycles. The van der Waals surface area contributed by atoms with Gasteiger partial charge in [0.15, 0.2) is 5.84 Å². The highest BCUT2D eigenvalue weighted by atomic mass is 16.5. The lowest BCUT2D eigenvalue weighted by Gasteiger charge is -2.34. The van der Waals surface area contributed by atoms with Crippen LogP contribution in [0.3, 0.4) is 0 Å². The molecule has 3 N–H and O–H groups in total. The van der Waals surface area contributed by atoms with Crippen molar-refractivity contribution in [3.63, 3.8) is 0 Å². The fourth-order valence-corrected chi connectivity index (χ4v) is 3.76. The van der Waals surface area contributed by atoms with Crippen molar-refractivity contribution in [3.8, 4) is 0 Å². The first-order valence-electron chi connectivity index (χ1n) is 10.2. The first-order valence-corrected chi connectivity index (χ1v) is 10.2. The number of H-pyrrole nitrogens is 1. The number of benzene rings is 2. The molecule has 3 aromatic rings. The van der Waals surface area contributed by atoms with E-state index in [4.69, 9.17) is 0 Å². The van der Waals surface area contributed by atoms with Gasteiger partial charge in [-0.05, 0) is 43.3 Å². The minimum Gasteiger partial charge on any atom is -0.336 e. The summed E-state index contributed by atoms with van der Waals surface area (Å²) in [7, 11) is 0. The molecule has 1 aliphatic rings. The summed E-state index contributed by atoms with van der Waals surface area (Å²) in [6.45, 7) is 6.51. The van der Waals surface area contributed by atoms with E-state index in [0.29, 0.717) is 16.9 Å². The van der Waals surface area contributed by atoms with Gasteiger partial charge in [-0.1, -0.05) is 25.1 Å². The normalized spacial score (nSPS) is 15.5. The largest absolute Gasteiger partial charge is 0.336 e. The first-order chi connectivity index (χ1) is 14.7. The van der Waals surface area contributed by atoms with Crippen molar-refractivity contribution in [2.24, 2.45) is 4.99 Å². The Morgan fingerprint density at radius 2 is 1.93 bits per heavy atom. The van der Waals surface area contributed by atoms with Crippen LogP contribution in [-0.4, -0.2) is 69.7 Å². The van der Waals surface area contributed by atoms with E-state index in [1.165, 1.54) is 0 Å². The molecule has 156 valence electrons. The molecule has 1 fully saturated rings. The number of carbonyl (C=O) groups excluding carboxylic acids is 1. The van der Waals surface area contributed by atoms with Gasteiger partial charge in [0.05, 0.1) is 11.2 Å². The Kier molecular flexibility index (Phi) is 6.06. The lowest BCUT2D eigenvalue weighted by molar-refractivity contribution is 0.0637. The van der Waals surface area contributed by atoms with Crippen molar-refractivity contribution in [1.29, 1.82) is 0 Å². The maximum absolute atomic E-state index is 13.1. The quantitative estimate of drug-likeness (QED) is 0.344. The van der Waals surface area contributed by atoms with Crippen molar-refractivity contribution in [2.45, 2.75) is 13.3 Å². The van der Waals surface area contributed by atoms with E-state index in [-0.39, 0.29) is 11.7 Å². The third-order valence-electron chi connectivity index (χ3n) is 5.34. The van der Waals surface area contributed by atoms with Gasteiger partial charge in [-0.15, -0.1) is 0 Å². The Morgan fingerprint density at radius 1 is 1.17 bits per heavy atom. The summed E-state index contributed by atoms with van der Waals surface area (Å²) in [5, 5.41) is 17.6. The molecule has 1 aromatic heterocycles. The number of piperazine rings is 1. The second-order valence-corrected chi connectivity index (χ2v) is 7.37. The number of aliphatic imine (C=N–C) groups is 1. The smallest absolute Gasteiger partial charge is 0.253 e. The van der Waals surface area contributed by atoms with Crippen LogP contribution in [0.2, 0.25) is 0 Å². The Hall–Kier alpha value is -3.23. The molecule has 0 saturated carbocycles. The minimum absolute atomic E-state index is 0.0127. The number of para-hydroxylation sites is 1. The van der Waals surface area contributed by atoms with E-state index in [1.807, 2.05) is 53.4 Å². The molecule has 8 nitrogen and oxygen atoms in total. The van der Waals surface area contributed by atoms with E-state index in [9.17, 15) is 10.0 Å². The average Bonchev–Trinajstić information content (AvgIpc) is 3.21. The van der Waals surface area contributed by atoms with E-state index in [1.54, 1.807) is 0 Å². The number of hydrogen-bond donors (Lipinski definition) is 3. The van der Waals surface area contributed by atoms with Crippen molar-refractivity contribution in [3.05, 3.63) is 59.8 Å². The van der Waals surface area contributed by atoms with Gasteiger partial charge in [0.2, 0.25) is 0 Å². The molecule has 4 rings (SSSR count). The summed E-state index contributed by atoms with van der Waals surface area (Å²) >= 11 is 0. The van der Waals surface area contributed by atoms with Gasteiger partial charge in [0.25, 0.3) is 5.91 Å². The second kappa shape index (κ2) is 9.06. The predicted molar refractivity (Wildman–Crippen MR) is 116 cm³/mol. The van der Waals surface area contributed by atoms with Crippen LogP contribution in [0.15, 0.2) is 53.5 Å². The minimum atomic E-state index is 0.0127. The average molecular weight is 406 g/mol. The molecule has 1 saturated heterocycles. The zero-order valence-electron chi connectivity index (χ0n) is 17.0. The fourth-order valence-electron chi connectivity index (χ4n) is 3.76. The van der Waals surface area contributed by atoms with Gasteiger partial charge in [0.1, 0.15) is 5.69 Å². The number of rotatable bonds is 5. The highest BCUT2D eigenvalue weighted by molar-refractivity contribution is 6.09. The van der Waals surface area contributed by atoms with Gasteiger partial charge in [-0.25, -0.2) is 4.99 Å². The van der Waals surface area contributed by atoms with Crippen LogP contribution in [0.25, 0.3) is 10.9 Å². The molecule has 0 radical (unpaired) electrons. The molecule has 0 spiro atoms. The van der Waals surface area contributed by atoms with Crippen LogP contribution >= 0.6 is 0 Å². The van der Waals surface area contributed by atoms with E-state index >= 15 is 0 Å². The molecule has 0 atom stereocenters. The van der Waals surface area contributed by atoms with Gasteiger partial charge >= 0.3 is 0 Å². The number of hydrogen-bond acceptors (Lipinski definition) is 5. The highest BCUT2D eigenvalue weighted by Crippen LogP contribution is 2.21.